The lowest BCUT2D eigenvalue weighted by molar-refractivity contribution is 0.352. The van der Waals surface area contributed by atoms with Crippen molar-refractivity contribution in [2.45, 2.75) is 20.3 Å². The van der Waals surface area contributed by atoms with Crippen LogP contribution in [0.1, 0.15) is 20.3 Å². The Hall–Kier alpha value is -0.130. The maximum absolute atomic E-state index is 8.52. The van der Waals surface area contributed by atoms with Gasteiger partial charge in [-0.15, -0.1) is 0 Å². The van der Waals surface area contributed by atoms with Crippen LogP contribution in [0.25, 0.3) is 0 Å². The summed E-state index contributed by atoms with van der Waals surface area (Å²) in [5, 5.41) is 0. The highest BCUT2D eigenvalue weighted by molar-refractivity contribution is 7.79. The first kappa shape index (κ1) is 10.8. The topological polar surface area (TPSA) is 80.3 Å². The maximum atomic E-state index is 8.52. The second kappa shape index (κ2) is 5.02. The van der Waals surface area contributed by atoms with Gasteiger partial charge >= 0.3 is 0 Å². The van der Waals surface area contributed by atoms with Gasteiger partial charge in [-0.05, 0) is 0 Å². The van der Waals surface area contributed by atoms with Gasteiger partial charge in [0, 0.05) is 10.4 Å². The first-order chi connectivity index (χ1) is 3.41. The van der Waals surface area contributed by atoms with Gasteiger partial charge in [-0.1, -0.05) is 20.3 Å². The summed E-state index contributed by atoms with van der Waals surface area (Å²) in [7, 11) is -5.17. The van der Waals surface area contributed by atoms with Crippen molar-refractivity contribution in [3.05, 3.63) is 0 Å². The Morgan fingerprint density at radius 2 is 1.25 bits per heavy atom. The van der Waals surface area contributed by atoms with E-state index in [0.29, 0.717) is 0 Å². The average molecular weight is 140 g/mol. The summed E-state index contributed by atoms with van der Waals surface area (Å²) in [5.41, 5.74) is 0. The van der Waals surface area contributed by atoms with E-state index in [9.17, 15) is 0 Å². The zero-order chi connectivity index (χ0) is 7.21. The minimum absolute atomic E-state index is 1.25. The van der Waals surface area contributed by atoms with Crippen LogP contribution in [0.4, 0.5) is 0 Å². The molecule has 0 saturated heterocycles. The summed E-state index contributed by atoms with van der Waals surface area (Å²) in [6, 6.07) is 0. The molecule has 0 heterocycles. The van der Waals surface area contributed by atoms with Gasteiger partial charge in [-0.25, -0.2) is 0 Å². The lowest BCUT2D eigenvalue weighted by atomic mass is 10.6. The van der Waals surface area contributed by atoms with E-state index in [2.05, 4.69) is 13.8 Å². The quantitative estimate of drug-likeness (QED) is 0.352. The zero-order valence-electron chi connectivity index (χ0n) is 4.75. The molecule has 0 unspecified atom stereocenters. The molecule has 52 valence electrons. The van der Waals surface area contributed by atoms with Crippen molar-refractivity contribution in [1.82, 2.24) is 0 Å². The SMILES string of the molecule is CCC.O=S(=O)([O-])[O-]. The Kier molecular flexibility index (Phi) is 6.76. The van der Waals surface area contributed by atoms with Gasteiger partial charge in [0.25, 0.3) is 0 Å². The van der Waals surface area contributed by atoms with E-state index in [1.54, 1.807) is 0 Å². The van der Waals surface area contributed by atoms with Crippen molar-refractivity contribution >= 4 is 10.4 Å². The van der Waals surface area contributed by atoms with Crippen LogP contribution < -0.4 is 0 Å². The third-order valence-electron chi connectivity index (χ3n) is 0. The Morgan fingerprint density at radius 1 is 1.25 bits per heavy atom. The van der Waals surface area contributed by atoms with Crippen LogP contribution in [-0.4, -0.2) is 17.5 Å². The van der Waals surface area contributed by atoms with E-state index in [4.69, 9.17) is 17.5 Å². The highest BCUT2D eigenvalue weighted by Gasteiger charge is 1.49. The van der Waals surface area contributed by atoms with Crippen molar-refractivity contribution < 1.29 is 17.5 Å². The number of hydrogen-bond donors (Lipinski definition) is 0. The van der Waals surface area contributed by atoms with Crippen molar-refractivity contribution in [2.24, 2.45) is 0 Å². The monoisotopic (exact) mass is 140 g/mol. The molecule has 0 fully saturated rings. The van der Waals surface area contributed by atoms with E-state index >= 15 is 0 Å². The van der Waals surface area contributed by atoms with Crippen LogP contribution in [0.15, 0.2) is 0 Å². The second-order valence-corrected chi connectivity index (χ2v) is 1.93. The predicted octanol–water partition coefficient (Wildman–Crippen LogP) is 0.0783. The third kappa shape index (κ3) is 8240. The molecule has 0 radical (unpaired) electrons. The van der Waals surface area contributed by atoms with Crippen molar-refractivity contribution in [3.8, 4) is 0 Å². The van der Waals surface area contributed by atoms with E-state index in [-0.39, 0.29) is 0 Å². The lowest BCUT2D eigenvalue weighted by Crippen LogP contribution is -1.91. The molecule has 0 aromatic rings. The molecule has 4 nitrogen and oxygen atoms in total. The van der Waals surface area contributed by atoms with E-state index in [0.717, 1.165) is 0 Å². The van der Waals surface area contributed by atoms with Crippen LogP contribution in [0.2, 0.25) is 0 Å². The standard InChI is InChI=1S/C3H8.H2O4S/c1-3-2;1-5(2,3)4/h3H2,1-2H3;(H2,1,2,3,4)/p-2. The maximum Gasteiger partial charge on any atom is 0.0311 e. The fourth-order valence-corrected chi connectivity index (χ4v) is 0. The van der Waals surface area contributed by atoms with Gasteiger partial charge in [-0.3, -0.25) is 8.42 Å². The average Bonchev–Trinajstić information content (AvgIpc) is 1.27. The Morgan fingerprint density at radius 3 is 1.25 bits per heavy atom. The van der Waals surface area contributed by atoms with Crippen LogP contribution in [0.3, 0.4) is 0 Å². The normalized spacial score (nSPS) is 9.50. The van der Waals surface area contributed by atoms with Gasteiger partial charge in [0.05, 0.1) is 0 Å². The Bertz CT molecular complexity index is 105. The van der Waals surface area contributed by atoms with Crippen LogP contribution in [0.5, 0.6) is 0 Å². The first-order valence-electron chi connectivity index (χ1n) is 2.08. The van der Waals surface area contributed by atoms with Crippen molar-refractivity contribution in [3.63, 3.8) is 0 Å². The van der Waals surface area contributed by atoms with E-state index in [1.807, 2.05) is 0 Å². The lowest BCUT2D eigenvalue weighted by Gasteiger charge is -2.06. The van der Waals surface area contributed by atoms with Crippen molar-refractivity contribution in [2.75, 3.05) is 0 Å². The minimum Gasteiger partial charge on any atom is -0.759 e. The van der Waals surface area contributed by atoms with Crippen LogP contribution in [0, 0.1) is 0 Å². The summed E-state index contributed by atoms with van der Waals surface area (Å²) >= 11 is 0. The summed E-state index contributed by atoms with van der Waals surface area (Å²) in [6.07, 6.45) is 1.25. The molecular formula is C3H8O4S-2. The van der Waals surface area contributed by atoms with E-state index in [1.165, 1.54) is 6.42 Å². The third-order valence-corrected chi connectivity index (χ3v) is 0. The summed E-state index contributed by atoms with van der Waals surface area (Å²) in [4.78, 5) is 0. The molecule has 0 spiro atoms. The number of rotatable bonds is 0. The molecule has 0 atom stereocenters. The first-order valence-corrected chi connectivity index (χ1v) is 3.41. The molecule has 0 rings (SSSR count). The molecule has 0 aliphatic rings. The molecule has 0 bridgehead atoms. The molecule has 0 N–H and O–H groups in total. The largest absolute Gasteiger partial charge is 0.759 e. The fraction of sp³-hybridized carbons (Fsp3) is 1.00. The van der Waals surface area contributed by atoms with Crippen molar-refractivity contribution in [1.29, 1.82) is 0 Å². The molecule has 0 aliphatic carbocycles. The van der Waals surface area contributed by atoms with Crippen LogP contribution >= 0.6 is 0 Å². The van der Waals surface area contributed by atoms with Crippen LogP contribution in [-0.2, 0) is 10.4 Å². The molecule has 0 aliphatic heterocycles. The smallest absolute Gasteiger partial charge is 0.0311 e. The predicted molar refractivity (Wildman–Crippen MR) is 26.4 cm³/mol. The summed E-state index contributed by atoms with van der Waals surface area (Å²) in [6.45, 7) is 4.25. The van der Waals surface area contributed by atoms with E-state index < -0.39 is 10.4 Å². The molecule has 5 heteroatoms. The fourth-order valence-electron chi connectivity index (χ4n) is 0. The van der Waals surface area contributed by atoms with Gasteiger partial charge in [0.15, 0.2) is 0 Å². The molecule has 0 saturated carbocycles. The molecule has 0 aromatic heterocycles. The zero-order valence-corrected chi connectivity index (χ0v) is 5.56. The highest BCUT2D eigenvalue weighted by atomic mass is 32.3. The summed E-state index contributed by atoms with van der Waals surface area (Å²) < 4.78 is 34.1. The molecule has 0 aromatic carbocycles. The molecule has 8 heavy (non-hydrogen) atoms. The van der Waals surface area contributed by atoms with Gasteiger partial charge in [0.2, 0.25) is 0 Å². The Balaban J connectivity index is 0. The number of hydrogen-bond acceptors (Lipinski definition) is 4. The Labute approximate surface area is 49.1 Å². The molecular weight excluding hydrogens is 132 g/mol. The molecule has 0 amide bonds. The highest BCUT2D eigenvalue weighted by Crippen LogP contribution is 1.57. The minimum atomic E-state index is -5.17. The van der Waals surface area contributed by atoms with Gasteiger partial charge in [-0.2, -0.15) is 0 Å². The summed E-state index contributed by atoms with van der Waals surface area (Å²) in [5.74, 6) is 0. The second-order valence-electron chi connectivity index (χ2n) is 1.12. The van der Waals surface area contributed by atoms with Gasteiger partial charge in [0.1, 0.15) is 0 Å². The van der Waals surface area contributed by atoms with Gasteiger partial charge < -0.3 is 9.11 Å².